The van der Waals surface area contributed by atoms with Crippen molar-refractivity contribution in [2.45, 2.75) is 11.8 Å². The Labute approximate surface area is 399 Å². The summed E-state index contributed by atoms with van der Waals surface area (Å²) in [6.07, 6.45) is 0. The highest BCUT2D eigenvalue weighted by molar-refractivity contribution is 5.72. The van der Waals surface area contributed by atoms with E-state index in [0.717, 1.165) is 66.8 Å². The highest BCUT2D eigenvalue weighted by Gasteiger charge is 2.29. The Balaban J connectivity index is 0.939. The molecule has 0 fully saturated rings. The Morgan fingerprint density at radius 2 is 0.357 bits per heavy atom. The summed E-state index contributed by atoms with van der Waals surface area (Å²) in [6.45, 7) is 0. The van der Waals surface area contributed by atoms with E-state index < -0.39 is 0 Å². The molecule has 0 aliphatic heterocycles. The molecule has 0 aliphatic rings. The largest absolute Gasteiger partial charge is 0.204 e. The second-order valence-electron chi connectivity index (χ2n) is 16.7. The highest BCUT2D eigenvalue weighted by Crippen LogP contribution is 2.45. The van der Waals surface area contributed by atoms with Crippen molar-refractivity contribution in [1.82, 2.24) is 82.5 Å². The van der Waals surface area contributed by atoms with E-state index in [1.807, 2.05) is 48.5 Å². The summed E-state index contributed by atoms with van der Waals surface area (Å²) in [7, 11) is 0. The third kappa shape index (κ3) is 8.39. The quantitative estimate of drug-likeness (QED) is 0.0850. The molecule has 70 heavy (non-hydrogen) atoms. The van der Waals surface area contributed by atoms with Crippen molar-refractivity contribution in [2.75, 3.05) is 0 Å². The average molecular weight is 911 g/mol. The number of tetrazole rings is 4. The molecule has 12 aromatic rings. The van der Waals surface area contributed by atoms with Gasteiger partial charge in [-0.25, -0.2) is 0 Å². The molecular formula is C54H38N16. The Bertz CT molecular complexity index is 3080. The van der Waals surface area contributed by atoms with Gasteiger partial charge in [0.05, 0.1) is 0 Å². The lowest BCUT2D eigenvalue weighted by molar-refractivity contribution is 0.694. The van der Waals surface area contributed by atoms with E-state index in [9.17, 15) is 0 Å². The second-order valence-corrected chi connectivity index (χ2v) is 16.7. The summed E-state index contributed by atoms with van der Waals surface area (Å²) in [5, 5.41) is 58.2. The van der Waals surface area contributed by atoms with Crippen LogP contribution < -0.4 is 0 Å². The summed E-state index contributed by atoms with van der Waals surface area (Å²) in [5.41, 5.74) is 17.0. The van der Waals surface area contributed by atoms with Gasteiger partial charge in [-0.3, -0.25) is 0 Å². The Hall–Kier alpha value is -9.96. The average Bonchev–Trinajstić information content (AvgIpc) is 4.31. The van der Waals surface area contributed by atoms with Gasteiger partial charge in [0, 0.05) is 34.1 Å². The van der Waals surface area contributed by atoms with Gasteiger partial charge in [0.2, 0.25) is 23.3 Å². The fourth-order valence-electron chi connectivity index (χ4n) is 9.07. The lowest BCUT2D eigenvalue weighted by Gasteiger charge is -2.30. The number of hydrogen-bond acceptors (Lipinski definition) is 12. The zero-order valence-electron chi connectivity index (χ0n) is 37.0. The number of benzene rings is 8. The van der Waals surface area contributed by atoms with Crippen molar-refractivity contribution in [1.29, 1.82) is 0 Å². The Morgan fingerprint density at radius 1 is 0.200 bits per heavy atom. The minimum absolute atomic E-state index is 0.0930. The molecule has 16 heteroatoms. The Kier molecular flexibility index (Phi) is 10.9. The third-order valence-corrected chi connectivity index (χ3v) is 12.7. The monoisotopic (exact) mass is 910 g/mol. The molecule has 0 aliphatic carbocycles. The first kappa shape index (κ1) is 41.5. The summed E-state index contributed by atoms with van der Waals surface area (Å²) in [5.74, 6) is 2.04. The van der Waals surface area contributed by atoms with Crippen LogP contribution in [0.3, 0.4) is 0 Å². The fourth-order valence-corrected chi connectivity index (χ4v) is 9.07. The van der Waals surface area contributed by atoms with E-state index in [-0.39, 0.29) is 11.8 Å². The minimum atomic E-state index is -0.0930. The molecule has 0 atom stereocenters. The molecule has 8 aromatic carbocycles. The molecule has 4 N–H and O–H groups in total. The number of nitrogens with zero attached hydrogens (tertiary/aromatic N) is 12. The zero-order chi connectivity index (χ0) is 46.6. The van der Waals surface area contributed by atoms with Crippen LogP contribution in [0.4, 0.5) is 0 Å². The summed E-state index contributed by atoms with van der Waals surface area (Å²) < 4.78 is 0. The number of aromatic nitrogens is 16. The molecular weight excluding hydrogens is 873 g/mol. The normalized spacial score (nSPS) is 11.4. The molecule has 0 unspecified atom stereocenters. The SMILES string of the molecule is c1cc(-c2nn[nH]n2)ccc1-c1ccc(C(c2ccc(-c3ccc(-c4nn[nH]n4)cc3)cc2)C(c2ccc(-c3ccc(-c4nn[nH]n4)cc3)cc2)c2ccc(-c3ccc(-c4nn[nH]n4)cc3)cc2)cc1. The molecule has 0 radical (unpaired) electrons. The van der Waals surface area contributed by atoms with Gasteiger partial charge in [-0.1, -0.05) is 194 Å². The van der Waals surface area contributed by atoms with E-state index in [2.05, 4.69) is 228 Å². The van der Waals surface area contributed by atoms with Crippen molar-refractivity contribution < 1.29 is 0 Å². The topological polar surface area (TPSA) is 218 Å². The smallest absolute Gasteiger partial charge is 0.177 e. The van der Waals surface area contributed by atoms with Gasteiger partial charge in [-0.2, -0.15) is 20.9 Å². The van der Waals surface area contributed by atoms with Crippen LogP contribution in [0.2, 0.25) is 0 Å². The first-order valence-corrected chi connectivity index (χ1v) is 22.4. The molecule has 0 amide bonds. The lowest BCUT2D eigenvalue weighted by atomic mass is 9.73. The molecule has 0 spiro atoms. The molecule has 4 aromatic heterocycles. The molecule has 0 saturated heterocycles. The van der Waals surface area contributed by atoms with Gasteiger partial charge in [0.25, 0.3) is 0 Å². The molecule has 0 saturated carbocycles. The maximum absolute atomic E-state index is 4.15. The van der Waals surface area contributed by atoms with E-state index in [1.54, 1.807) is 0 Å². The van der Waals surface area contributed by atoms with Gasteiger partial charge in [-0.05, 0) is 87.6 Å². The van der Waals surface area contributed by atoms with Crippen molar-refractivity contribution in [2.24, 2.45) is 0 Å². The fraction of sp³-hybridized carbons (Fsp3) is 0.0370. The van der Waals surface area contributed by atoms with Gasteiger partial charge < -0.3 is 0 Å². The van der Waals surface area contributed by atoms with Crippen LogP contribution in [0, 0.1) is 0 Å². The predicted octanol–water partition coefficient (Wildman–Crippen LogP) is 10.0. The van der Waals surface area contributed by atoms with E-state index >= 15 is 0 Å². The van der Waals surface area contributed by atoms with Crippen LogP contribution in [0.5, 0.6) is 0 Å². The van der Waals surface area contributed by atoms with Gasteiger partial charge in [0.1, 0.15) is 0 Å². The standard InChI is InChI=1S/C54H38N16/c1-17-41(18-2-33(1)37-9-25-45(26-10-37)51-55-63-64-56-51)49(42-19-3-34(4-20-42)38-11-27-46(28-12-38)52-57-65-66-58-52)50(43-21-5-35(6-22-43)39-13-29-47(30-14-39)53-59-67-68-60-53)44-23-7-36(8-24-44)40-15-31-48(32-16-40)54-61-69-70-62-54/h1-32,49-50H,(H,55,56,63,64)(H,57,58,65,66)(H,59,60,67,68)(H,61,62,69,70). The first-order valence-electron chi connectivity index (χ1n) is 22.4. The molecule has 0 bridgehead atoms. The predicted molar refractivity (Wildman–Crippen MR) is 264 cm³/mol. The summed E-state index contributed by atoms with van der Waals surface area (Å²) >= 11 is 0. The van der Waals surface area contributed by atoms with Crippen molar-refractivity contribution in [3.05, 3.63) is 216 Å². The van der Waals surface area contributed by atoms with Crippen molar-refractivity contribution in [3.63, 3.8) is 0 Å². The summed E-state index contributed by atoms with van der Waals surface area (Å²) in [4.78, 5) is 0. The van der Waals surface area contributed by atoms with Crippen LogP contribution in [0.15, 0.2) is 194 Å². The van der Waals surface area contributed by atoms with Crippen LogP contribution in [-0.2, 0) is 0 Å². The second kappa shape index (κ2) is 18.4. The highest BCUT2D eigenvalue weighted by atomic mass is 15.5. The number of nitrogens with one attached hydrogen (secondary N) is 4. The number of aromatic amines is 4. The third-order valence-electron chi connectivity index (χ3n) is 12.7. The first-order chi connectivity index (χ1) is 34.7. The maximum Gasteiger partial charge on any atom is 0.204 e. The number of hydrogen-bond donors (Lipinski definition) is 4. The number of rotatable bonds is 13. The van der Waals surface area contributed by atoms with Gasteiger partial charge in [0.15, 0.2) is 0 Å². The van der Waals surface area contributed by atoms with Gasteiger partial charge in [-0.15, -0.1) is 40.8 Å². The van der Waals surface area contributed by atoms with Gasteiger partial charge >= 0.3 is 0 Å². The molecule has 4 heterocycles. The van der Waals surface area contributed by atoms with E-state index in [4.69, 9.17) is 0 Å². The van der Waals surface area contributed by atoms with Crippen molar-refractivity contribution >= 4 is 0 Å². The number of H-pyrrole nitrogens is 4. The van der Waals surface area contributed by atoms with Crippen LogP contribution in [-0.4, -0.2) is 82.5 Å². The molecule has 12 rings (SSSR count). The van der Waals surface area contributed by atoms with Crippen LogP contribution in [0.25, 0.3) is 90.1 Å². The van der Waals surface area contributed by atoms with E-state index in [1.165, 1.54) is 22.3 Å². The van der Waals surface area contributed by atoms with Crippen molar-refractivity contribution in [3.8, 4) is 90.1 Å². The van der Waals surface area contributed by atoms with Crippen LogP contribution in [0.1, 0.15) is 34.1 Å². The minimum Gasteiger partial charge on any atom is -0.177 e. The summed E-state index contributed by atoms with van der Waals surface area (Å²) in [6, 6.07) is 68.7. The maximum atomic E-state index is 4.15. The Morgan fingerprint density at radius 3 is 0.514 bits per heavy atom. The molecule has 16 nitrogen and oxygen atoms in total. The lowest BCUT2D eigenvalue weighted by Crippen LogP contribution is -2.15. The van der Waals surface area contributed by atoms with E-state index in [0.29, 0.717) is 23.3 Å². The molecule has 334 valence electrons. The van der Waals surface area contributed by atoms with Crippen LogP contribution >= 0.6 is 0 Å². The zero-order valence-corrected chi connectivity index (χ0v) is 37.0.